The van der Waals surface area contributed by atoms with Crippen LogP contribution in [-0.4, -0.2) is 30.8 Å². The highest BCUT2D eigenvalue weighted by Gasteiger charge is 2.09. The Labute approximate surface area is 128 Å². The number of rotatable bonds is 6. The Morgan fingerprint density at radius 3 is 2.55 bits per heavy atom. The van der Waals surface area contributed by atoms with Gasteiger partial charge in [0.05, 0.1) is 6.54 Å². The first kappa shape index (κ1) is 14.9. The number of hydrogen-bond donors (Lipinski definition) is 0. The SMILES string of the molecule is CN(CCc1ccccc1)CC(=O)c1cccc(Br)c1. The molecule has 0 aliphatic rings. The number of halogens is 1. The average Bonchev–Trinajstić information content (AvgIpc) is 2.46. The van der Waals surface area contributed by atoms with Crippen molar-refractivity contribution in [2.45, 2.75) is 6.42 Å². The van der Waals surface area contributed by atoms with Crippen LogP contribution >= 0.6 is 15.9 Å². The summed E-state index contributed by atoms with van der Waals surface area (Å²) in [4.78, 5) is 14.2. The summed E-state index contributed by atoms with van der Waals surface area (Å²) in [6.45, 7) is 1.33. The van der Waals surface area contributed by atoms with Crippen LogP contribution < -0.4 is 0 Å². The third kappa shape index (κ3) is 4.58. The van der Waals surface area contributed by atoms with Gasteiger partial charge in [-0.15, -0.1) is 0 Å². The Hall–Kier alpha value is -1.45. The molecule has 2 aromatic rings. The zero-order chi connectivity index (χ0) is 14.4. The standard InChI is InChI=1S/C17H18BrNO/c1-19(11-10-14-6-3-2-4-7-14)13-17(20)15-8-5-9-16(18)12-15/h2-9,12H,10-11,13H2,1H3. The molecule has 0 radical (unpaired) electrons. The number of hydrogen-bond acceptors (Lipinski definition) is 2. The molecular formula is C17H18BrNO. The fourth-order valence-electron chi connectivity index (χ4n) is 2.04. The minimum Gasteiger partial charge on any atom is -0.299 e. The Bertz CT molecular complexity index is 568. The van der Waals surface area contributed by atoms with Crippen molar-refractivity contribution < 1.29 is 4.79 Å². The topological polar surface area (TPSA) is 20.3 Å². The van der Waals surface area contributed by atoms with Crippen LogP contribution in [0.15, 0.2) is 59.1 Å². The lowest BCUT2D eigenvalue weighted by atomic mass is 10.1. The third-order valence-corrected chi connectivity index (χ3v) is 3.68. The summed E-state index contributed by atoms with van der Waals surface area (Å²) in [5.74, 6) is 0.155. The first-order valence-corrected chi connectivity index (χ1v) is 7.45. The number of benzene rings is 2. The van der Waals surface area contributed by atoms with E-state index in [9.17, 15) is 4.79 Å². The van der Waals surface area contributed by atoms with Crippen molar-refractivity contribution >= 4 is 21.7 Å². The molecule has 0 aliphatic carbocycles. The molecule has 2 aromatic carbocycles. The van der Waals surface area contributed by atoms with Crippen molar-refractivity contribution in [2.24, 2.45) is 0 Å². The molecule has 0 atom stereocenters. The van der Waals surface area contributed by atoms with Gasteiger partial charge < -0.3 is 0 Å². The summed E-state index contributed by atoms with van der Waals surface area (Å²) >= 11 is 3.39. The van der Waals surface area contributed by atoms with Crippen LogP contribution in [-0.2, 0) is 6.42 Å². The molecule has 0 saturated heterocycles. The summed E-state index contributed by atoms with van der Waals surface area (Å²) in [6.07, 6.45) is 0.961. The zero-order valence-electron chi connectivity index (χ0n) is 11.6. The smallest absolute Gasteiger partial charge is 0.176 e. The van der Waals surface area contributed by atoms with E-state index in [0.717, 1.165) is 23.0 Å². The highest BCUT2D eigenvalue weighted by Crippen LogP contribution is 2.12. The molecular weight excluding hydrogens is 314 g/mol. The summed E-state index contributed by atoms with van der Waals surface area (Å²) < 4.78 is 0.940. The number of carbonyl (C=O) groups excluding carboxylic acids is 1. The van der Waals surface area contributed by atoms with Crippen molar-refractivity contribution in [1.29, 1.82) is 0 Å². The van der Waals surface area contributed by atoms with E-state index in [2.05, 4.69) is 33.0 Å². The van der Waals surface area contributed by atoms with E-state index in [0.29, 0.717) is 6.54 Å². The van der Waals surface area contributed by atoms with Crippen LogP contribution in [0.4, 0.5) is 0 Å². The summed E-state index contributed by atoms with van der Waals surface area (Å²) in [7, 11) is 1.98. The predicted molar refractivity (Wildman–Crippen MR) is 86.1 cm³/mol. The van der Waals surface area contributed by atoms with E-state index in [1.54, 1.807) is 0 Å². The molecule has 0 saturated carbocycles. The van der Waals surface area contributed by atoms with Gasteiger partial charge in [0.25, 0.3) is 0 Å². The minimum absolute atomic E-state index is 0.155. The Balaban J connectivity index is 1.85. The van der Waals surface area contributed by atoms with Crippen molar-refractivity contribution in [3.8, 4) is 0 Å². The maximum atomic E-state index is 12.2. The van der Waals surface area contributed by atoms with Crippen molar-refractivity contribution in [3.05, 3.63) is 70.2 Å². The fourth-order valence-corrected chi connectivity index (χ4v) is 2.44. The first-order chi connectivity index (χ1) is 9.65. The second-order valence-electron chi connectivity index (χ2n) is 4.91. The number of Topliss-reactive ketones (excluding diaryl/α,β-unsaturated/α-hetero) is 1. The van der Waals surface area contributed by atoms with Gasteiger partial charge in [-0.25, -0.2) is 0 Å². The molecule has 2 nitrogen and oxygen atoms in total. The zero-order valence-corrected chi connectivity index (χ0v) is 13.1. The van der Waals surface area contributed by atoms with Crippen molar-refractivity contribution in [1.82, 2.24) is 4.90 Å². The quantitative estimate of drug-likeness (QED) is 0.750. The molecule has 0 unspecified atom stereocenters. The third-order valence-electron chi connectivity index (χ3n) is 3.19. The van der Waals surface area contributed by atoms with Gasteiger partial charge in [0.2, 0.25) is 0 Å². The molecule has 0 spiro atoms. The molecule has 104 valence electrons. The maximum absolute atomic E-state index is 12.2. The molecule has 3 heteroatoms. The minimum atomic E-state index is 0.155. The molecule has 0 amide bonds. The number of carbonyl (C=O) groups is 1. The lowest BCUT2D eigenvalue weighted by molar-refractivity contribution is 0.0947. The van der Waals surface area contributed by atoms with Gasteiger partial charge in [-0.3, -0.25) is 9.69 Å². The van der Waals surface area contributed by atoms with E-state index in [1.807, 2.05) is 49.5 Å². The van der Waals surface area contributed by atoms with Gasteiger partial charge in [-0.05, 0) is 31.2 Å². The van der Waals surface area contributed by atoms with Crippen LogP contribution in [0, 0.1) is 0 Å². The number of nitrogens with zero attached hydrogens (tertiary/aromatic N) is 1. The van der Waals surface area contributed by atoms with Crippen LogP contribution in [0.25, 0.3) is 0 Å². The van der Waals surface area contributed by atoms with E-state index < -0.39 is 0 Å². The van der Waals surface area contributed by atoms with Crippen LogP contribution in [0.3, 0.4) is 0 Å². The molecule has 0 bridgehead atoms. The second kappa shape index (κ2) is 7.36. The summed E-state index contributed by atoms with van der Waals surface area (Å²) in [5, 5.41) is 0. The predicted octanol–water partition coefficient (Wildman–Crippen LogP) is 3.81. The van der Waals surface area contributed by atoms with Gasteiger partial charge in [0, 0.05) is 16.6 Å². The summed E-state index contributed by atoms with van der Waals surface area (Å²) in [5.41, 5.74) is 2.06. The van der Waals surface area contributed by atoms with Crippen LogP contribution in [0.1, 0.15) is 15.9 Å². The Morgan fingerprint density at radius 1 is 1.10 bits per heavy atom. The second-order valence-corrected chi connectivity index (χ2v) is 5.82. The van der Waals surface area contributed by atoms with Crippen LogP contribution in [0.5, 0.6) is 0 Å². The largest absolute Gasteiger partial charge is 0.299 e. The number of likely N-dealkylation sites (N-methyl/N-ethyl adjacent to an activating group) is 1. The van der Waals surface area contributed by atoms with Crippen LogP contribution in [0.2, 0.25) is 0 Å². The van der Waals surface area contributed by atoms with Gasteiger partial charge in [-0.2, -0.15) is 0 Å². The molecule has 20 heavy (non-hydrogen) atoms. The van der Waals surface area contributed by atoms with E-state index in [-0.39, 0.29) is 5.78 Å². The molecule has 2 rings (SSSR count). The molecule has 0 fully saturated rings. The Morgan fingerprint density at radius 2 is 1.85 bits per heavy atom. The first-order valence-electron chi connectivity index (χ1n) is 6.66. The van der Waals surface area contributed by atoms with Gasteiger partial charge in [0.1, 0.15) is 0 Å². The van der Waals surface area contributed by atoms with E-state index >= 15 is 0 Å². The maximum Gasteiger partial charge on any atom is 0.176 e. The van der Waals surface area contributed by atoms with Gasteiger partial charge >= 0.3 is 0 Å². The average molecular weight is 332 g/mol. The number of ketones is 1. The van der Waals surface area contributed by atoms with Crippen molar-refractivity contribution in [2.75, 3.05) is 20.1 Å². The molecule has 0 heterocycles. The normalized spacial score (nSPS) is 10.8. The lowest BCUT2D eigenvalue weighted by Gasteiger charge is -2.15. The fraction of sp³-hybridized carbons (Fsp3) is 0.235. The van der Waals surface area contributed by atoms with E-state index in [4.69, 9.17) is 0 Å². The Kier molecular flexibility index (Phi) is 5.50. The highest BCUT2D eigenvalue weighted by atomic mass is 79.9. The molecule has 0 aliphatic heterocycles. The lowest BCUT2D eigenvalue weighted by Crippen LogP contribution is -2.28. The molecule has 0 N–H and O–H groups in total. The molecule has 0 aromatic heterocycles. The summed E-state index contributed by atoms with van der Waals surface area (Å²) in [6, 6.07) is 17.9. The van der Waals surface area contributed by atoms with Crippen molar-refractivity contribution in [3.63, 3.8) is 0 Å². The van der Waals surface area contributed by atoms with E-state index in [1.165, 1.54) is 5.56 Å². The highest BCUT2D eigenvalue weighted by molar-refractivity contribution is 9.10. The monoisotopic (exact) mass is 331 g/mol. The van der Waals surface area contributed by atoms with Gasteiger partial charge in [0.15, 0.2) is 5.78 Å². The van der Waals surface area contributed by atoms with Gasteiger partial charge in [-0.1, -0.05) is 58.4 Å².